The minimum absolute atomic E-state index is 0.259. The fourth-order valence-corrected chi connectivity index (χ4v) is 1.70. The number of carbonyl (C=O) groups is 1. The van der Waals surface area contributed by atoms with Gasteiger partial charge >= 0.3 is 0 Å². The highest BCUT2D eigenvalue weighted by Crippen LogP contribution is 2.10. The Morgan fingerprint density at radius 2 is 1.50 bits per heavy atom. The second-order valence-electron chi connectivity index (χ2n) is 4.19. The fraction of sp³-hybridized carbons (Fsp3) is 0.917. The number of hydrogen-bond acceptors (Lipinski definition) is 3. The second kappa shape index (κ2) is 12.5. The summed E-state index contributed by atoms with van der Waals surface area (Å²) in [6, 6.07) is 0. The van der Waals surface area contributed by atoms with E-state index in [4.69, 9.17) is 5.26 Å². The highest BCUT2D eigenvalue weighted by Gasteiger charge is 1.99. The number of rotatable bonds is 11. The molecular formula is C12H25NO3. The van der Waals surface area contributed by atoms with Crippen LogP contribution in [0.15, 0.2) is 0 Å². The van der Waals surface area contributed by atoms with Gasteiger partial charge in [0.15, 0.2) is 0 Å². The molecule has 0 rings (SSSR count). The molecule has 4 heteroatoms. The molecule has 2 N–H and O–H groups in total. The molecule has 0 aromatic rings. The predicted octanol–water partition coefficient (Wildman–Crippen LogP) is 3.43. The maximum Gasteiger partial charge on any atom is 0.245 e. The molecule has 1 amide bonds. The molecule has 0 spiro atoms. The first-order valence-corrected chi connectivity index (χ1v) is 6.40. The molecule has 0 saturated carbocycles. The predicted molar refractivity (Wildman–Crippen MR) is 63.7 cm³/mol. The highest BCUT2D eigenvalue weighted by molar-refractivity contribution is 5.74. The van der Waals surface area contributed by atoms with Crippen LogP contribution in [0, 0.1) is 0 Å². The lowest BCUT2D eigenvalue weighted by molar-refractivity contribution is -0.284. The Morgan fingerprint density at radius 3 is 2.00 bits per heavy atom. The minimum atomic E-state index is -0.259. The van der Waals surface area contributed by atoms with Crippen molar-refractivity contribution in [2.75, 3.05) is 0 Å². The zero-order valence-corrected chi connectivity index (χ0v) is 10.3. The van der Waals surface area contributed by atoms with Crippen LogP contribution in [0.1, 0.15) is 71.1 Å². The van der Waals surface area contributed by atoms with Gasteiger partial charge in [0.1, 0.15) is 0 Å². The van der Waals surface area contributed by atoms with Crippen molar-refractivity contribution >= 4 is 5.91 Å². The van der Waals surface area contributed by atoms with Gasteiger partial charge in [0.05, 0.1) is 0 Å². The van der Waals surface area contributed by atoms with Crippen molar-refractivity contribution in [2.45, 2.75) is 71.1 Å². The molecular weight excluding hydrogens is 206 g/mol. The van der Waals surface area contributed by atoms with Crippen molar-refractivity contribution in [3.05, 3.63) is 0 Å². The van der Waals surface area contributed by atoms with Gasteiger partial charge in [0.25, 0.3) is 0 Å². The van der Waals surface area contributed by atoms with Gasteiger partial charge in [-0.05, 0) is 6.42 Å². The largest absolute Gasteiger partial charge is 0.273 e. The van der Waals surface area contributed by atoms with Crippen LogP contribution in [0.3, 0.4) is 0 Å². The van der Waals surface area contributed by atoms with Crippen LogP contribution in [0.5, 0.6) is 0 Å². The van der Waals surface area contributed by atoms with Gasteiger partial charge in [0.2, 0.25) is 5.91 Å². The van der Waals surface area contributed by atoms with Crippen molar-refractivity contribution in [2.24, 2.45) is 0 Å². The van der Waals surface area contributed by atoms with E-state index >= 15 is 0 Å². The highest BCUT2D eigenvalue weighted by atomic mass is 17.2. The Hall–Kier alpha value is -0.610. The molecule has 0 bridgehead atoms. The molecule has 0 aliphatic carbocycles. The van der Waals surface area contributed by atoms with E-state index in [1.54, 1.807) is 0 Å². The lowest BCUT2D eigenvalue weighted by Gasteiger charge is -2.02. The summed E-state index contributed by atoms with van der Waals surface area (Å²) in [6.07, 6.45) is 11.5. The lowest BCUT2D eigenvalue weighted by Crippen LogP contribution is -2.21. The van der Waals surface area contributed by atoms with E-state index in [1.165, 1.54) is 44.9 Å². The van der Waals surface area contributed by atoms with Crippen LogP contribution >= 0.6 is 0 Å². The molecule has 16 heavy (non-hydrogen) atoms. The Kier molecular flexibility index (Phi) is 12.0. The lowest BCUT2D eigenvalue weighted by atomic mass is 10.1. The molecule has 0 fully saturated rings. The van der Waals surface area contributed by atoms with Crippen molar-refractivity contribution in [3.63, 3.8) is 0 Å². The van der Waals surface area contributed by atoms with E-state index in [9.17, 15) is 4.79 Å². The number of amides is 1. The van der Waals surface area contributed by atoms with E-state index in [-0.39, 0.29) is 5.91 Å². The van der Waals surface area contributed by atoms with Crippen molar-refractivity contribution in [3.8, 4) is 0 Å². The summed E-state index contributed by atoms with van der Waals surface area (Å²) in [5.41, 5.74) is 1.89. The van der Waals surface area contributed by atoms with E-state index in [1.807, 2.05) is 5.48 Å². The van der Waals surface area contributed by atoms with E-state index in [2.05, 4.69) is 11.9 Å². The third-order valence-corrected chi connectivity index (χ3v) is 2.67. The van der Waals surface area contributed by atoms with E-state index < -0.39 is 0 Å². The monoisotopic (exact) mass is 231 g/mol. The molecule has 0 aromatic heterocycles. The Labute approximate surface area is 98.3 Å². The molecule has 0 aliphatic rings. The Morgan fingerprint density at radius 1 is 1.00 bits per heavy atom. The van der Waals surface area contributed by atoms with Crippen LogP contribution in [0.4, 0.5) is 0 Å². The van der Waals surface area contributed by atoms with Crippen LogP contribution in [0.25, 0.3) is 0 Å². The Bertz CT molecular complexity index is 162. The van der Waals surface area contributed by atoms with Crippen LogP contribution in [-0.4, -0.2) is 11.2 Å². The molecule has 0 atom stereocenters. The number of unbranched alkanes of at least 4 members (excludes halogenated alkanes) is 8. The summed E-state index contributed by atoms with van der Waals surface area (Å²) in [5, 5.41) is 7.95. The van der Waals surface area contributed by atoms with Crippen molar-refractivity contribution < 1.29 is 15.0 Å². The summed E-state index contributed by atoms with van der Waals surface area (Å²) in [7, 11) is 0. The molecule has 4 nitrogen and oxygen atoms in total. The zero-order chi connectivity index (χ0) is 12.1. The van der Waals surface area contributed by atoms with Crippen LogP contribution in [0.2, 0.25) is 0 Å². The second-order valence-corrected chi connectivity index (χ2v) is 4.19. The topological polar surface area (TPSA) is 58.6 Å². The van der Waals surface area contributed by atoms with Gasteiger partial charge in [-0.1, -0.05) is 58.3 Å². The van der Waals surface area contributed by atoms with Crippen LogP contribution < -0.4 is 5.48 Å². The van der Waals surface area contributed by atoms with Gasteiger partial charge in [-0.15, -0.1) is 4.99 Å². The molecule has 0 aromatic carbocycles. The van der Waals surface area contributed by atoms with Gasteiger partial charge in [-0.25, -0.2) is 10.7 Å². The maximum absolute atomic E-state index is 10.9. The minimum Gasteiger partial charge on any atom is -0.273 e. The van der Waals surface area contributed by atoms with Crippen molar-refractivity contribution in [1.82, 2.24) is 5.48 Å². The van der Waals surface area contributed by atoms with Gasteiger partial charge in [0, 0.05) is 6.42 Å². The van der Waals surface area contributed by atoms with Gasteiger partial charge in [-0.2, -0.15) is 0 Å². The third-order valence-electron chi connectivity index (χ3n) is 2.67. The molecule has 0 heterocycles. The molecule has 0 saturated heterocycles. The van der Waals surface area contributed by atoms with Gasteiger partial charge in [-0.3, -0.25) is 4.79 Å². The first-order chi connectivity index (χ1) is 7.81. The molecule has 0 aliphatic heterocycles. The number of hydroxylamine groups is 1. The number of nitrogens with one attached hydrogen (secondary N) is 1. The first kappa shape index (κ1) is 15.4. The van der Waals surface area contributed by atoms with E-state index in [0.717, 1.165) is 12.8 Å². The molecule has 0 radical (unpaired) electrons. The number of carbonyl (C=O) groups excluding carboxylic acids is 1. The standard InChI is InChI=1S/C12H25NO3/c1-2-3-4-5-6-7-8-9-10-11-12(14)13-16-15/h15H,2-11H2,1H3,(H,13,14). The van der Waals surface area contributed by atoms with Crippen LogP contribution in [-0.2, 0) is 9.78 Å². The summed E-state index contributed by atoms with van der Waals surface area (Å²) in [4.78, 5) is 14.4. The summed E-state index contributed by atoms with van der Waals surface area (Å²) < 4.78 is 0. The average Bonchev–Trinajstić information content (AvgIpc) is 2.27. The Balaban J connectivity index is 3.01. The van der Waals surface area contributed by atoms with Crippen molar-refractivity contribution in [1.29, 1.82) is 0 Å². The first-order valence-electron chi connectivity index (χ1n) is 6.40. The van der Waals surface area contributed by atoms with E-state index in [0.29, 0.717) is 6.42 Å². The molecule has 96 valence electrons. The third kappa shape index (κ3) is 11.5. The zero-order valence-electron chi connectivity index (χ0n) is 10.3. The fourth-order valence-electron chi connectivity index (χ4n) is 1.70. The SMILES string of the molecule is CCCCCCCCCCCC(=O)NOO. The van der Waals surface area contributed by atoms with Gasteiger partial charge < -0.3 is 0 Å². The number of hydrogen-bond donors (Lipinski definition) is 2. The average molecular weight is 231 g/mol. The maximum atomic E-state index is 10.9. The summed E-state index contributed by atoms with van der Waals surface area (Å²) >= 11 is 0. The normalized spacial score (nSPS) is 10.4. The smallest absolute Gasteiger partial charge is 0.245 e. The summed E-state index contributed by atoms with van der Waals surface area (Å²) in [5.74, 6) is -0.259. The molecule has 0 unspecified atom stereocenters. The summed E-state index contributed by atoms with van der Waals surface area (Å²) in [6.45, 7) is 2.22. The quantitative estimate of drug-likeness (QED) is 0.325.